The highest BCUT2D eigenvalue weighted by Gasteiger charge is 2.18. The quantitative estimate of drug-likeness (QED) is 0.875. The summed E-state index contributed by atoms with van der Waals surface area (Å²) in [6, 6.07) is 0.735. The Morgan fingerprint density at radius 3 is 3.19 bits per heavy atom. The maximum atomic E-state index is 4.38. The maximum absolute atomic E-state index is 4.38. The molecule has 1 atom stereocenters. The molecule has 90 valence electrons. The molecule has 0 amide bonds. The highest BCUT2D eigenvalue weighted by molar-refractivity contribution is 7.15. The van der Waals surface area contributed by atoms with Gasteiger partial charge in [0.1, 0.15) is 0 Å². The summed E-state index contributed by atoms with van der Waals surface area (Å²) in [6.45, 7) is 7.71. The molecule has 1 aromatic rings. The molecule has 1 aliphatic heterocycles. The molecule has 0 radical (unpaired) electrons. The topological polar surface area (TPSA) is 28.2 Å². The Hall–Kier alpha value is -0.610. The van der Waals surface area contributed by atoms with Gasteiger partial charge in [0.2, 0.25) is 0 Å². The van der Waals surface area contributed by atoms with E-state index in [2.05, 4.69) is 29.0 Å². The average molecular weight is 239 g/mol. The summed E-state index contributed by atoms with van der Waals surface area (Å²) in [6.07, 6.45) is 6.11. The molecule has 1 unspecified atom stereocenters. The summed E-state index contributed by atoms with van der Waals surface area (Å²) in [5, 5.41) is 4.32. The van der Waals surface area contributed by atoms with Crippen molar-refractivity contribution in [2.75, 3.05) is 18.4 Å². The van der Waals surface area contributed by atoms with Crippen LogP contribution in [0.1, 0.15) is 38.0 Å². The Labute approximate surface area is 102 Å². The van der Waals surface area contributed by atoms with Crippen molar-refractivity contribution >= 4 is 16.5 Å². The monoisotopic (exact) mass is 239 g/mol. The zero-order chi connectivity index (χ0) is 11.4. The lowest BCUT2D eigenvalue weighted by Crippen LogP contribution is -2.36. The fraction of sp³-hybridized carbons (Fsp3) is 0.750. The third kappa shape index (κ3) is 2.95. The highest BCUT2D eigenvalue weighted by atomic mass is 32.1. The van der Waals surface area contributed by atoms with Crippen molar-refractivity contribution in [2.24, 2.45) is 0 Å². The number of likely N-dealkylation sites (tertiary alicyclic amines) is 1. The second kappa shape index (κ2) is 5.64. The third-order valence-electron chi connectivity index (χ3n) is 3.18. The van der Waals surface area contributed by atoms with Crippen LogP contribution >= 0.6 is 11.3 Å². The highest BCUT2D eigenvalue weighted by Crippen LogP contribution is 2.23. The van der Waals surface area contributed by atoms with E-state index in [4.69, 9.17) is 0 Å². The normalized spacial score (nSPS) is 22.2. The molecule has 2 heterocycles. The van der Waals surface area contributed by atoms with Crippen LogP contribution in [0.2, 0.25) is 0 Å². The minimum absolute atomic E-state index is 0.735. The zero-order valence-corrected chi connectivity index (χ0v) is 11.0. The Balaban J connectivity index is 1.91. The Kier molecular flexibility index (Phi) is 4.18. The summed E-state index contributed by atoms with van der Waals surface area (Å²) in [7, 11) is 0. The van der Waals surface area contributed by atoms with Gasteiger partial charge in [0.05, 0.1) is 0 Å². The lowest BCUT2D eigenvalue weighted by molar-refractivity contribution is 0.154. The van der Waals surface area contributed by atoms with Crippen LogP contribution in [0.3, 0.4) is 0 Å². The molecule has 16 heavy (non-hydrogen) atoms. The molecule has 1 fully saturated rings. The van der Waals surface area contributed by atoms with Crippen molar-refractivity contribution in [1.29, 1.82) is 0 Å². The summed E-state index contributed by atoms with van der Waals surface area (Å²) < 4.78 is 0. The molecular formula is C12H21N3S. The average Bonchev–Trinajstić information content (AvgIpc) is 2.70. The van der Waals surface area contributed by atoms with E-state index in [-0.39, 0.29) is 0 Å². The van der Waals surface area contributed by atoms with Crippen molar-refractivity contribution in [3.8, 4) is 0 Å². The smallest absolute Gasteiger partial charge is 0.182 e. The standard InChI is InChI=1S/C12H21N3S/c1-3-13-12-14-8-11(16-12)9-15-7-5-4-6-10(15)2/h8,10H,3-7,9H2,1-2H3,(H,13,14). The molecule has 0 saturated carbocycles. The molecular weight excluding hydrogens is 218 g/mol. The van der Waals surface area contributed by atoms with E-state index in [1.165, 1.54) is 30.7 Å². The van der Waals surface area contributed by atoms with Gasteiger partial charge < -0.3 is 5.32 Å². The van der Waals surface area contributed by atoms with Crippen LogP contribution in [0.25, 0.3) is 0 Å². The first-order valence-electron chi connectivity index (χ1n) is 6.22. The molecule has 4 heteroatoms. The van der Waals surface area contributed by atoms with Crippen LogP contribution in [0.5, 0.6) is 0 Å². The van der Waals surface area contributed by atoms with E-state index in [1.54, 1.807) is 11.3 Å². The lowest BCUT2D eigenvalue weighted by atomic mass is 10.0. The molecule has 0 aliphatic carbocycles. The van der Waals surface area contributed by atoms with Crippen LogP contribution in [-0.2, 0) is 6.54 Å². The van der Waals surface area contributed by atoms with Gasteiger partial charge in [0, 0.05) is 30.2 Å². The van der Waals surface area contributed by atoms with Gasteiger partial charge in [-0.2, -0.15) is 0 Å². The largest absolute Gasteiger partial charge is 0.362 e. The first-order valence-corrected chi connectivity index (χ1v) is 7.04. The number of rotatable bonds is 4. The van der Waals surface area contributed by atoms with Gasteiger partial charge in [-0.15, -0.1) is 11.3 Å². The number of hydrogen-bond acceptors (Lipinski definition) is 4. The fourth-order valence-corrected chi connectivity index (χ4v) is 3.11. The lowest BCUT2D eigenvalue weighted by Gasteiger charge is -2.32. The van der Waals surface area contributed by atoms with E-state index < -0.39 is 0 Å². The molecule has 0 aromatic carbocycles. The second-order valence-electron chi connectivity index (χ2n) is 4.48. The summed E-state index contributed by atoms with van der Waals surface area (Å²) in [5.41, 5.74) is 0. The zero-order valence-electron chi connectivity index (χ0n) is 10.2. The van der Waals surface area contributed by atoms with E-state index >= 15 is 0 Å². The van der Waals surface area contributed by atoms with Gasteiger partial charge in [-0.1, -0.05) is 6.42 Å². The molecule has 1 N–H and O–H groups in total. The molecule has 1 saturated heterocycles. The van der Waals surface area contributed by atoms with Gasteiger partial charge in [0.25, 0.3) is 0 Å². The minimum atomic E-state index is 0.735. The number of thiazole rings is 1. The predicted octanol–water partition coefficient (Wildman–Crippen LogP) is 2.95. The van der Waals surface area contributed by atoms with Gasteiger partial charge in [-0.3, -0.25) is 4.90 Å². The van der Waals surface area contributed by atoms with Crippen LogP contribution in [0, 0.1) is 0 Å². The molecule has 1 aromatic heterocycles. The number of piperidine rings is 1. The van der Waals surface area contributed by atoms with Crippen molar-refractivity contribution in [3.05, 3.63) is 11.1 Å². The molecule has 0 spiro atoms. The second-order valence-corrected chi connectivity index (χ2v) is 5.59. The molecule has 2 rings (SSSR count). The van der Waals surface area contributed by atoms with Crippen molar-refractivity contribution in [3.63, 3.8) is 0 Å². The van der Waals surface area contributed by atoms with E-state index in [9.17, 15) is 0 Å². The fourth-order valence-electron chi connectivity index (χ4n) is 2.21. The minimum Gasteiger partial charge on any atom is -0.362 e. The molecule has 3 nitrogen and oxygen atoms in total. The van der Waals surface area contributed by atoms with E-state index in [0.29, 0.717) is 0 Å². The number of hydrogen-bond donors (Lipinski definition) is 1. The van der Waals surface area contributed by atoms with Crippen LogP contribution in [0.15, 0.2) is 6.20 Å². The maximum Gasteiger partial charge on any atom is 0.182 e. The number of nitrogens with zero attached hydrogens (tertiary/aromatic N) is 2. The third-order valence-corrected chi connectivity index (χ3v) is 4.12. The van der Waals surface area contributed by atoms with Gasteiger partial charge in [-0.05, 0) is 33.2 Å². The number of nitrogens with one attached hydrogen (secondary N) is 1. The van der Waals surface area contributed by atoms with Gasteiger partial charge in [-0.25, -0.2) is 4.98 Å². The van der Waals surface area contributed by atoms with Crippen LogP contribution in [-0.4, -0.2) is 29.0 Å². The van der Waals surface area contributed by atoms with Gasteiger partial charge in [0.15, 0.2) is 5.13 Å². The Bertz CT molecular complexity index is 324. The van der Waals surface area contributed by atoms with Crippen molar-refractivity contribution in [1.82, 2.24) is 9.88 Å². The summed E-state index contributed by atoms with van der Waals surface area (Å²) in [5.74, 6) is 0. The van der Waals surface area contributed by atoms with Gasteiger partial charge >= 0.3 is 0 Å². The molecule has 0 bridgehead atoms. The van der Waals surface area contributed by atoms with E-state index in [1.807, 2.05) is 6.20 Å². The van der Waals surface area contributed by atoms with Crippen LogP contribution < -0.4 is 5.32 Å². The predicted molar refractivity (Wildman–Crippen MR) is 70.0 cm³/mol. The number of anilines is 1. The van der Waals surface area contributed by atoms with Crippen LogP contribution in [0.4, 0.5) is 5.13 Å². The SMILES string of the molecule is CCNc1ncc(CN2CCCCC2C)s1. The van der Waals surface area contributed by atoms with Crippen molar-refractivity contribution in [2.45, 2.75) is 45.7 Å². The van der Waals surface area contributed by atoms with Crippen molar-refractivity contribution < 1.29 is 0 Å². The number of aromatic nitrogens is 1. The molecule has 1 aliphatic rings. The first-order chi connectivity index (χ1) is 7.79. The Morgan fingerprint density at radius 1 is 1.56 bits per heavy atom. The Morgan fingerprint density at radius 2 is 2.44 bits per heavy atom. The van der Waals surface area contributed by atoms with E-state index in [0.717, 1.165) is 24.3 Å². The summed E-state index contributed by atoms with van der Waals surface area (Å²) in [4.78, 5) is 8.33. The first kappa shape index (κ1) is 11.9. The summed E-state index contributed by atoms with van der Waals surface area (Å²) >= 11 is 1.79.